The van der Waals surface area contributed by atoms with E-state index in [9.17, 15) is 0 Å². The number of hydrogen-bond acceptors (Lipinski definition) is 4. The number of benzene rings is 1. The fourth-order valence-corrected chi connectivity index (χ4v) is 2.67. The lowest BCUT2D eigenvalue weighted by atomic mass is 10.1. The summed E-state index contributed by atoms with van der Waals surface area (Å²) in [7, 11) is 3.26. The zero-order chi connectivity index (χ0) is 12.3. The molecule has 0 bridgehead atoms. The molecule has 1 aromatic heterocycles. The largest absolute Gasteiger partial charge is 0.493 e. The summed E-state index contributed by atoms with van der Waals surface area (Å²) in [5.74, 6) is 1.45. The van der Waals surface area contributed by atoms with Gasteiger partial charge in [-0.25, -0.2) is 4.98 Å². The lowest BCUT2D eigenvalue weighted by Crippen LogP contribution is -1.91. The van der Waals surface area contributed by atoms with Gasteiger partial charge in [0.1, 0.15) is 5.01 Å². The minimum Gasteiger partial charge on any atom is -0.493 e. The SMILES string of the molecule is COc1ccc(-c2csc(CBr)n2)cc1OC. The minimum atomic E-state index is 0.721. The predicted octanol–water partition coefficient (Wildman–Crippen LogP) is 3.72. The molecule has 3 nitrogen and oxygen atoms in total. The number of thiazole rings is 1. The van der Waals surface area contributed by atoms with Crippen molar-refractivity contribution in [2.24, 2.45) is 0 Å². The Labute approximate surface area is 113 Å². The molecule has 0 amide bonds. The second kappa shape index (κ2) is 5.51. The molecule has 0 saturated heterocycles. The third kappa shape index (κ3) is 2.61. The van der Waals surface area contributed by atoms with E-state index in [1.807, 2.05) is 23.6 Å². The standard InChI is InChI=1S/C12H12BrNO2S/c1-15-10-4-3-8(5-11(10)16-2)9-7-17-12(6-13)14-9/h3-5,7H,6H2,1-2H3. The molecule has 5 heteroatoms. The van der Waals surface area contributed by atoms with Crippen molar-refractivity contribution in [2.45, 2.75) is 5.33 Å². The van der Waals surface area contributed by atoms with E-state index in [1.165, 1.54) is 0 Å². The van der Waals surface area contributed by atoms with Crippen LogP contribution in [0.4, 0.5) is 0 Å². The normalized spacial score (nSPS) is 10.3. The van der Waals surface area contributed by atoms with Crippen molar-refractivity contribution in [3.8, 4) is 22.8 Å². The predicted molar refractivity (Wildman–Crippen MR) is 73.3 cm³/mol. The summed E-state index contributed by atoms with van der Waals surface area (Å²) in [4.78, 5) is 4.51. The summed E-state index contributed by atoms with van der Waals surface area (Å²) in [5.41, 5.74) is 2.00. The first kappa shape index (κ1) is 12.4. The van der Waals surface area contributed by atoms with Gasteiger partial charge in [0.15, 0.2) is 11.5 Å². The van der Waals surface area contributed by atoms with E-state index in [0.717, 1.165) is 33.1 Å². The molecule has 1 heterocycles. The van der Waals surface area contributed by atoms with Crippen LogP contribution in [0.1, 0.15) is 5.01 Å². The number of halogens is 1. The summed E-state index contributed by atoms with van der Waals surface area (Å²) in [5, 5.41) is 3.89. The van der Waals surface area contributed by atoms with Gasteiger partial charge in [-0.2, -0.15) is 0 Å². The summed E-state index contributed by atoms with van der Waals surface area (Å²) < 4.78 is 10.5. The Morgan fingerprint density at radius 1 is 1.24 bits per heavy atom. The first-order valence-corrected chi connectivity index (χ1v) is 7.01. The van der Waals surface area contributed by atoms with Crippen LogP contribution in [0.15, 0.2) is 23.6 Å². The zero-order valence-corrected chi connectivity index (χ0v) is 12.0. The monoisotopic (exact) mass is 313 g/mol. The lowest BCUT2D eigenvalue weighted by molar-refractivity contribution is 0.355. The van der Waals surface area contributed by atoms with Gasteiger partial charge in [-0.05, 0) is 18.2 Å². The summed E-state index contributed by atoms with van der Waals surface area (Å²) in [6, 6.07) is 5.81. The third-order valence-corrected chi connectivity index (χ3v) is 4.10. The molecule has 0 N–H and O–H groups in total. The molecule has 2 aromatic rings. The van der Waals surface area contributed by atoms with Gasteiger partial charge >= 0.3 is 0 Å². The summed E-state index contributed by atoms with van der Waals surface area (Å²) in [6.07, 6.45) is 0. The molecule has 0 atom stereocenters. The lowest BCUT2D eigenvalue weighted by Gasteiger charge is -2.08. The van der Waals surface area contributed by atoms with Gasteiger partial charge in [0.05, 0.1) is 25.2 Å². The van der Waals surface area contributed by atoms with Crippen LogP contribution >= 0.6 is 27.3 Å². The van der Waals surface area contributed by atoms with Gasteiger partial charge < -0.3 is 9.47 Å². The van der Waals surface area contributed by atoms with Crippen molar-refractivity contribution in [3.63, 3.8) is 0 Å². The molecule has 90 valence electrons. The zero-order valence-electron chi connectivity index (χ0n) is 9.57. The number of alkyl halides is 1. The van der Waals surface area contributed by atoms with E-state index in [2.05, 4.69) is 20.9 Å². The number of hydrogen-bond donors (Lipinski definition) is 0. The van der Waals surface area contributed by atoms with Gasteiger partial charge in [-0.3, -0.25) is 0 Å². The molecule has 17 heavy (non-hydrogen) atoms. The van der Waals surface area contributed by atoms with Crippen LogP contribution in [0.2, 0.25) is 0 Å². The van der Waals surface area contributed by atoms with Gasteiger partial charge in [-0.1, -0.05) is 15.9 Å². The van der Waals surface area contributed by atoms with E-state index < -0.39 is 0 Å². The van der Waals surface area contributed by atoms with E-state index in [4.69, 9.17) is 9.47 Å². The Balaban J connectivity index is 2.38. The van der Waals surface area contributed by atoms with Crippen LogP contribution in [0.5, 0.6) is 11.5 Å². The second-order valence-electron chi connectivity index (χ2n) is 3.33. The highest BCUT2D eigenvalue weighted by atomic mass is 79.9. The molecule has 0 spiro atoms. The maximum atomic E-state index is 5.27. The molecule has 0 aliphatic rings. The van der Waals surface area contributed by atoms with E-state index in [0.29, 0.717) is 0 Å². The molecule has 0 radical (unpaired) electrons. The quantitative estimate of drug-likeness (QED) is 0.806. The number of rotatable bonds is 4. The Morgan fingerprint density at radius 3 is 2.59 bits per heavy atom. The van der Waals surface area contributed by atoms with Crippen molar-refractivity contribution in [3.05, 3.63) is 28.6 Å². The van der Waals surface area contributed by atoms with Crippen molar-refractivity contribution in [1.29, 1.82) is 0 Å². The van der Waals surface area contributed by atoms with Gasteiger partial charge in [-0.15, -0.1) is 11.3 Å². The molecule has 1 aromatic carbocycles. The fraction of sp³-hybridized carbons (Fsp3) is 0.250. The van der Waals surface area contributed by atoms with Gasteiger partial charge in [0.2, 0.25) is 0 Å². The van der Waals surface area contributed by atoms with Crippen molar-refractivity contribution in [1.82, 2.24) is 4.98 Å². The molecular weight excluding hydrogens is 302 g/mol. The van der Waals surface area contributed by atoms with Crippen LogP contribution in [-0.4, -0.2) is 19.2 Å². The number of nitrogens with zero attached hydrogens (tertiary/aromatic N) is 1. The van der Waals surface area contributed by atoms with Crippen LogP contribution < -0.4 is 9.47 Å². The second-order valence-corrected chi connectivity index (χ2v) is 4.83. The molecule has 0 aliphatic heterocycles. The average Bonchev–Trinajstić information content (AvgIpc) is 2.86. The first-order valence-electron chi connectivity index (χ1n) is 5.01. The van der Waals surface area contributed by atoms with E-state index >= 15 is 0 Å². The maximum Gasteiger partial charge on any atom is 0.161 e. The highest BCUT2D eigenvalue weighted by Gasteiger charge is 2.08. The van der Waals surface area contributed by atoms with Gasteiger partial charge in [0.25, 0.3) is 0 Å². The average molecular weight is 314 g/mol. The summed E-state index contributed by atoms with van der Waals surface area (Å²) in [6.45, 7) is 0. The Morgan fingerprint density at radius 2 is 2.00 bits per heavy atom. The van der Waals surface area contributed by atoms with E-state index in [-0.39, 0.29) is 0 Å². The van der Waals surface area contributed by atoms with E-state index in [1.54, 1.807) is 25.6 Å². The number of aromatic nitrogens is 1. The van der Waals surface area contributed by atoms with Crippen molar-refractivity contribution in [2.75, 3.05) is 14.2 Å². The molecule has 0 fully saturated rings. The first-order chi connectivity index (χ1) is 8.28. The Hall–Kier alpha value is -1.07. The minimum absolute atomic E-state index is 0.721. The molecule has 2 rings (SSSR count). The topological polar surface area (TPSA) is 31.4 Å². The number of methoxy groups -OCH3 is 2. The highest BCUT2D eigenvalue weighted by Crippen LogP contribution is 2.32. The number of ether oxygens (including phenoxy) is 2. The smallest absolute Gasteiger partial charge is 0.161 e. The van der Waals surface area contributed by atoms with Crippen LogP contribution in [0.3, 0.4) is 0 Å². The fourth-order valence-electron chi connectivity index (χ4n) is 1.50. The van der Waals surface area contributed by atoms with Crippen LogP contribution in [0.25, 0.3) is 11.3 Å². The molecular formula is C12H12BrNO2S. The van der Waals surface area contributed by atoms with Crippen molar-refractivity contribution < 1.29 is 9.47 Å². The molecule has 0 unspecified atom stereocenters. The van der Waals surface area contributed by atoms with Gasteiger partial charge in [0, 0.05) is 10.9 Å². The molecule has 0 aliphatic carbocycles. The van der Waals surface area contributed by atoms with Crippen LogP contribution in [0, 0.1) is 0 Å². The highest BCUT2D eigenvalue weighted by molar-refractivity contribution is 9.08. The molecule has 0 saturated carbocycles. The Kier molecular flexibility index (Phi) is 4.02. The third-order valence-electron chi connectivity index (χ3n) is 2.35. The van der Waals surface area contributed by atoms with Crippen LogP contribution in [-0.2, 0) is 5.33 Å². The Bertz CT molecular complexity index is 513. The maximum absolute atomic E-state index is 5.27. The summed E-state index contributed by atoms with van der Waals surface area (Å²) >= 11 is 5.04. The van der Waals surface area contributed by atoms with Crippen molar-refractivity contribution >= 4 is 27.3 Å².